The van der Waals surface area contributed by atoms with E-state index in [1.54, 1.807) is 23.5 Å². The second-order valence-electron chi connectivity index (χ2n) is 7.87. The van der Waals surface area contributed by atoms with Gasteiger partial charge in [-0.1, -0.05) is 60.7 Å². The maximum absolute atomic E-state index is 12.4. The lowest BCUT2D eigenvalue weighted by Crippen LogP contribution is -2.43. The molecule has 0 aliphatic heterocycles. The predicted molar refractivity (Wildman–Crippen MR) is 147 cm³/mol. The van der Waals surface area contributed by atoms with Crippen LogP contribution in [0.1, 0.15) is 31.4 Å². The Balaban J connectivity index is 1.73. The van der Waals surface area contributed by atoms with Gasteiger partial charge in [-0.3, -0.25) is 9.59 Å². The minimum atomic E-state index is -0.356. The molecule has 192 valence electrons. The Bertz CT molecular complexity index is 770. The quantitative estimate of drug-likeness (QED) is 0.224. The van der Waals surface area contributed by atoms with Gasteiger partial charge in [0, 0.05) is 23.0 Å². The highest BCUT2D eigenvalue weighted by Crippen LogP contribution is 2.14. The molecule has 0 heterocycles. The van der Waals surface area contributed by atoms with Gasteiger partial charge in [0.05, 0.1) is 13.2 Å². The van der Waals surface area contributed by atoms with Gasteiger partial charge in [-0.25, -0.2) is 0 Å². The average molecular weight is 519 g/mol. The number of thioether (sulfide) groups is 2. The molecule has 0 saturated carbocycles. The first kappa shape index (κ1) is 29.2. The maximum atomic E-state index is 12.4. The summed E-state index contributed by atoms with van der Waals surface area (Å²) in [5.41, 5.74) is 2.47. The summed E-state index contributed by atoms with van der Waals surface area (Å²) in [6.07, 6.45) is 0.776. The second kappa shape index (κ2) is 18.3. The van der Waals surface area contributed by atoms with Crippen molar-refractivity contribution < 1.29 is 19.1 Å². The first-order valence-corrected chi connectivity index (χ1v) is 14.5. The van der Waals surface area contributed by atoms with Crippen molar-refractivity contribution in [3.63, 3.8) is 0 Å². The van der Waals surface area contributed by atoms with Crippen LogP contribution in [0.5, 0.6) is 0 Å². The lowest BCUT2D eigenvalue weighted by Gasteiger charge is -2.19. The number of nitrogens with one attached hydrogen (secondary N) is 2. The third-order valence-electron chi connectivity index (χ3n) is 5.07. The summed E-state index contributed by atoms with van der Waals surface area (Å²) >= 11 is 3.42. The van der Waals surface area contributed by atoms with Gasteiger partial charge in [-0.2, -0.15) is 23.5 Å². The largest absolute Gasteiger partial charge is 0.465 e. The lowest BCUT2D eigenvalue weighted by molar-refractivity contribution is -0.145. The molecule has 2 aromatic carbocycles. The molecular formula is C27H38N2O4S2. The number of ether oxygens (including phenoxy) is 2. The highest BCUT2D eigenvalue weighted by Gasteiger charge is 2.21. The van der Waals surface area contributed by atoms with Crippen molar-refractivity contribution in [3.05, 3.63) is 71.8 Å². The third-order valence-corrected chi connectivity index (χ3v) is 7.28. The van der Waals surface area contributed by atoms with Gasteiger partial charge in [-0.15, -0.1) is 0 Å². The van der Waals surface area contributed by atoms with Crippen LogP contribution < -0.4 is 10.6 Å². The molecule has 2 unspecified atom stereocenters. The zero-order valence-corrected chi connectivity index (χ0v) is 22.4. The molecule has 0 spiro atoms. The lowest BCUT2D eigenvalue weighted by atomic mass is 10.2. The summed E-state index contributed by atoms with van der Waals surface area (Å²) in [7, 11) is 0. The number of hydrogen-bond acceptors (Lipinski definition) is 8. The van der Waals surface area contributed by atoms with E-state index in [9.17, 15) is 9.59 Å². The molecule has 0 radical (unpaired) electrons. The maximum Gasteiger partial charge on any atom is 0.323 e. The molecule has 0 fully saturated rings. The molecule has 8 heteroatoms. The van der Waals surface area contributed by atoms with E-state index in [0.29, 0.717) is 37.8 Å². The van der Waals surface area contributed by atoms with Gasteiger partial charge in [0.15, 0.2) is 0 Å². The van der Waals surface area contributed by atoms with Crippen molar-refractivity contribution >= 4 is 35.5 Å². The first-order chi connectivity index (χ1) is 17.1. The Morgan fingerprint density at radius 3 is 1.49 bits per heavy atom. The summed E-state index contributed by atoms with van der Waals surface area (Å²) in [4.78, 5) is 24.8. The van der Waals surface area contributed by atoms with E-state index in [0.717, 1.165) is 17.9 Å². The van der Waals surface area contributed by atoms with Crippen LogP contribution in [0.3, 0.4) is 0 Å². The van der Waals surface area contributed by atoms with Crippen LogP contribution in [-0.2, 0) is 30.6 Å². The first-order valence-electron chi connectivity index (χ1n) is 12.2. The standard InChI is InChI=1S/C27H38N2O4S2/c1-3-32-26(30)24(20-34-18-22-12-7-5-8-13-22)28-16-11-17-29-25(27(31)33-4-2)21-35-19-23-14-9-6-10-15-23/h5-10,12-15,24-25,28-29H,3-4,11,16-21H2,1-2H3. The SMILES string of the molecule is CCOC(=O)C(CSCc1ccccc1)NCCCNC(CSCc1ccccc1)C(=O)OCC. The van der Waals surface area contributed by atoms with E-state index in [2.05, 4.69) is 34.9 Å². The monoisotopic (exact) mass is 518 g/mol. The van der Waals surface area contributed by atoms with Gasteiger partial charge < -0.3 is 20.1 Å². The zero-order chi connectivity index (χ0) is 25.1. The molecule has 0 aromatic heterocycles. The number of hydrogen-bond donors (Lipinski definition) is 2. The topological polar surface area (TPSA) is 76.7 Å². The fraction of sp³-hybridized carbons (Fsp3) is 0.481. The van der Waals surface area contributed by atoms with Crippen LogP contribution in [0, 0.1) is 0 Å². The van der Waals surface area contributed by atoms with Crippen LogP contribution >= 0.6 is 23.5 Å². The average Bonchev–Trinajstić information content (AvgIpc) is 2.88. The van der Waals surface area contributed by atoms with Crippen molar-refractivity contribution in [1.82, 2.24) is 10.6 Å². The van der Waals surface area contributed by atoms with Crippen molar-refractivity contribution in [1.29, 1.82) is 0 Å². The number of esters is 2. The van der Waals surface area contributed by atoms with Gasteiger partial charge in [0.1, 0.15) is 12.1 Å². The Hall–Kier alpha value is -2.00. The van der Waals surface area contributed by atoms with E-state index in [-0.39, 0.29) is 24.0 Å². The van der Waals surface area contributed by atoms with Gasteiger partial charge >= 0.3 is 11.9 Å². The zero-order valence-electron chi connectivity index (χ0n) is 20.7. The number of benzene rings is 2. The summed E-state index contributed by atoms with van der Waals surface area (Å²) in [5, 5.41) is 6.65. The fourth-order valence-corrected chi connectivity index (χ4v) is 5.36. The van der Waals surface area contributed by atoms with E-state index in [1.807, 2.05) is 50.2 Å². The minimum absolute atomic E-state index is 0.220. The Labute approximate surface area is 218 Å². The van der Waals surface area contributed by atoms with Gasteiger partial charge in [0.2, 0.25) is 0 Å². The molecule has 0 aliphatic rings. The van der Waals surface area contributed by atoms with Gasteiger partial charge in [0.25, 0.3) is 0 Å². The molecule has 6 nitrogen and oxygen atoms in total. The summed E-state index contributed by atoms with van der Waals surface area (Å²) in [6.45, 7) is 5.67. The van der Waals surface area contributed by atoms with Crippen molar-refractivity contribution in [2.75, 3.05) is 37.8 Å². The summed E-state index contributed by atoms with van der Waals surface area (Å²) < 4.78 is 10.5. The third kappa shape index (κ3) is 12.5. The smallest absolute Gasteiger partial charge is 0.323 e. The summed E-state index contributed by atoms with van der Waals surface area (Å²) in [6, 6.07) is 19.7. The van der Waals surface area contributed by atoms with Crippen LogP contribution in [0.4, 0.5) is 0 Å². The highest BCUT2D eigenvalue weighted by molar-refractivity contribution is 7.98. The Morgan fingerprint density at radius 1 is 0.714 bits per heavy atom. The minimum Gasteiger partial charge on any atom is -0.465 e. The van der Waals surface area contributed by atoms with Crippen LogP contribution in [-0.4, -0.2) is 61.8 Å². The predicted octanol–water partition coefficient (Wildman–Crippen LogP) is 4.29. The number of rotatable bonds is 18. The Kier molecular flexibility index (Phi) is 15.3. The molecule has 0 aliphatic carbocycles. The van der Waals surface area contributed by atoms with Crippen molar-refractivity contribution in [2.45, 2.75) is 43.9 Å². The molecule has 0 amide bonds. The fourth-order valence-electron chi connectivity index (χ4n) is 3.29. The molecule has 35 heavy (non-hydrogen) atoms. The van der Waals surface area contributed by atoms with E-state index >= 15 is 0 Å². The highest BCUT2D eigenvalue weighted by atomic mass is 32.2. The molecule has 2 atom stereocenters. The molecular weight excluding hydrogens is 480 g/mol. The van der Waals surface area contributed by atoms with Gasteiger partial charge in [-0.05, 0) is 44.5 Å². The Morgan fingerprint density at radius 2 is 1.11 bits per heavy atom. The molecule has 2 aromatic rings. The van der Waals surface area contributed by atoms with Crippen LogP contribution in [0.25, 0.3) is 0 Å². The van der Waals surface area contributed by atoms with Crippen molar-refractivity contribution in [3.8, 4) is 0 Å². The molecule has 2 N–H and O–H groups in total. The number of carbonyl (C=O) groups excluding carboxylic acids is 2. The number of carbonyl (C=O) groups is 2. The normalized spacial score (nSPS) is 12.6. The van der Waals surface area contributed by atoms with E-state index in [1.165, 1.54) is 11.1 Å². The molecule has 0 saturated heterocycles. The van der Waals surface area contributed by atoms with E-state index in [4.69, 9.17) is 9.47 Å². The molecule has 0 bridgehead atoms. The van der Waals surface area contributed by atoms with Crippen LogP contribution in [0.2, 0.25) is 0 Å². The summed E-state index contributed by atoms with van der Waals surface area (Å²) in [5.74, 6) is 2.54. The molecule has 2 rings (SSSR count). The van der Waals surface area contributed by atoms with E-state index < -0.39 is 0 Å². The van der Waals surface area contributed by atoms with Crippen molar-refractivity contribution in [2.24, 2.45) is 0 Å². The second-order valence-corrected chi connectivity index (χ2v) is 9.93. The van der Waals surface area contributed by atoms with Crippen LogP contribution in [0.15, 0.2) is 60.7 Å².